The van der Waals surface area contributed by atoms with Gasteiger partial charge < -0.3 is 5.11 Å². The third-order valence-corrected chi connectivity index (χ3v) is 1.14. The van der Waals surface area contributed by atoms with Gasteiger partial charge in [0.1, 0.15) is 0 Å². The molecule has 0 fully saturated rings. The van der Waals surface area contributed by atoms with Crippen molar-refractivity contribution in [3.63, 3.8) is 0 Å². The lowest BCUT2D eigenvalue weighted by Gasteiger charge is -1.76. The van der Waals surface area contributed by atoms with Crippen molar-refractivity contribution in [3.05, 3.63) is 0 Å². The first-order valence-corrected chi connectivity index (χ1v) is 4.39. The second-order valence-corrected chi connectivity index (χ2v) is 2.24. The Kier molecular flexibility index (Phi) is 9.53. The van der Waals surface area contributed by atoms with Crippen LogP contribution >= 0.6 is 0 Å². The fraction of sp³-hybridized carbons (Fsp3) is 0.500. The van der Waals surface area contributed by atoms with Gasteiger partial charge in [0.05, 0.1) is 19.4 Å². The van der Waals surface area contributed by atoms with Crippen molar-refractivity contribution in [2.75, 3.05) is 6.61 Å². The molecule has 0 aromatic carbocycles. The molecule has 0 amide bonds. The topological polar surface area (TPSA) is 20.2 Å². The quantitative estimate of drug-likeness (QED) is 0.598. The van der Waals surface area contributed by atoms with Crippen LogP contribution in [0.3, 0.4) is 0 Å². The van der Waals surface area contributed by atoms with E-state index >= 15 is 0 Å². The molecule has 1 N–H and O–H groups in total. The molecule has 0 aliphatic heterocycles. The molecular weight excluding hydrogens is 160 g/mol. The fourth-order valence-corrected chi connectivity index (χ4v) is 0.608. The van der Waals surface area contributed by atoms with Gasteiger partial charge in [-0.1, -0.05) is 36.5 Å². The molecule has 1 heteroatoms. The van der Waals surface area contributed by atoms with Gasteiger partial charge in [0.2, 0.25) is 0 Å². The molecule has 0 aliphatic rings. The van der Waals surface area contributed by atoms with Crippen LogP contribution in [0.2, 0.25) is 0 Å². The molecule has 1 nitrogen and oxygen atoms in total. The lowest BCUT2D eigenvalue weighted by Crippen LogP contribution is -1.75. The summed E-state index contributed by atoms with van der Waals surface area (Å²) in [5.74, 6) is 17.3. The standard InChI is InChI=1S/C12H14O/c1-2-3-4-5-6-7-8-9-10-11-12-13/h13H,2,5,8,11-12H2,1H3. The molecular formula is C12H14O. The second-order valence-electron chi connectivity index (χ2n) is 2.24. The Balaban J connectivity index is 3.47. The van der Waals surface area contributed by atoms with Gasteiger partial charge in [0, 0.05) is 12.8 Å². The van der Waals surface area contributed by atoms with Crippen LogP contribution in [0, 0.1) is 35.5 Å². The highest BCUT2D eigenvalue weighted by molar-refractivity contribution is 5.15. The summed E-state index contributed by atoms with van der Waals surface area (Å²) < 4.78 is 0. The molecule has 0 aromatic rings. The van der Waals surface area contributed by atoms with E-state index in [0.29, 0.717) is 19.3 Å². The number of hydrogen-bond acceptors (Lipinski definition) is 1. The van der Waals surface area contributed by atoms with Crippen LogP contribution in [0.25, 0.3) is 0 Å². The number of aliphatic hydroxyl groups excluding tert-OH is 1. The van der Waals surface area contributed by atoms with Crippen LogP contribution in [0.15, 0.2) is 0 Å². The summed E-state index contributed by atoms with van der Waals surface area (Å²) in [6.45, 7) is 2.14. The largest absolute Gasteiger partial charge is 0.395 e. The minimum absolute atomic E-state index is 0.127. The first kappa shape index (κ1) is 11.6. The molecule has 0 unspecified atom stereocenters. The summed E-state index contributed by atoms with van der Waals surface area (Å²) >= 11 is 0. The molecule has 0 bridgehead atoms. The summed E-state index contributed by atoms with van der Waals surface area (Å²) in [6.07, 6.45) is 2.64. The normalized spacial score (nSPS) is 6.92. The molecule has 0 saturated carbocycles. The van der Waals surface area contributed by atoms with Crippen LogP contribution in [0.5, 0.6) is 0 Å². The van der Waals surface area contributed by atoms with Crippen molar-refractivity contribution in [1.82, 2.24) is 0 Å². The lowest BCUT2D eigenvalue weighted by molar-refractivity contribution is 0.305. The zero-order chi connectivity index (χ0) is 9.78. The Hall–Kier alpha value is -1.36. The maximum Gasteiger partial charge on any atom is 0.0703 e. The van der Waals surface area contributed by atoms with Crippen molar-refractivity contribution in [2.45, 2.75) is 32.6 Å². The predicted octanol–water partition coefficient (Wildman–Crippen LogP) is 1.57. The first-order chi connectivity index (χ1) is 6.41. The zero-order valence-corrected chi connectivity index (χ0v) is 7.98. The highest BCUT2D eigenvalue weighted by atomic mass is 16.2. The van der Waals surface area contributed by atoms with Gasteiger partial charge in [-0.3, -0.25) is 0 Å². The van der Waals surface area contributed by atoms with Crippen molar-refractivity contribution >= 4 is 0 Å². The molecule has 0 heterocycles. The zero-order valence-electron chi connectivity index (χ0n) is 7.98. The Morgan fingerprint density at radius 3 is 1.92 bits per heavy atom. The summed E-state index contributed by atoms with van der Waals surface area (Å²) in [7, 11) is 0. The monoisotopic (exact) mass is 174 g/mol. The van der Waals surface area contributed by atoms with Crippen LogP contribution in [0.1, 0.15) is 32.6 Å². The molecule has 0 spiro atoms. The van der Waals surface area contributed by atoms with E-state index in [1.165, 1.54) is 0 Å². The molecule has 0 aromatic heterocycles. The van der Waals surface area contributed by atoms with Crippen LogP contribution in [-0.4, -0.2) is 11.7 Å². The van der Waals surface area contributed by atoms with Crippen molar-refractivity contribution in [1.29, 1.82) is 0 Å². The van der Waals surface area contributed by atoms with Gasteiger partial charge in [0.15, 0.2) is 0 Å². The Labute approximate surface area is 80.5 Å². The van der Waals surface area contributed by atoms with E-state index in [9.17, 15) is 0 Å². The lowest BCUT2D eigenvalue weighted by atomic mass is 10.3. The molecule has 13 heavy (non-hydrogen) atoms. The van der Waals surface area contributed by atoms with E-state index in [-0.39, 0.29) is 6.61 Å². The first-order valence-electron chi connectivity index (χ1n) is 4.39. The summed E-state index contributed by atoms with van der Waals surface area (Å²) in [6, 6.07) is 0. The van der Waals surface area contributed by atoms with Gasteiger partial charge in [0.25, 0.3) is 0 Å². The average Bonchev–Trinajstić information content (AvgIpc) is 2.16. The molecule has 0 radical (unpaired) electrons. The average molecular weight is 174 g/mol. The van der Waals surface area contributed by atoms with Gasteiger partial charge in [-0.2, -0.15) is 0 Å². The second kappa shape index (κ2) is 10.6. The minimum Gasteiger partial charge on any atom is -0.395 e. The van der Waals surface area contributed by atoms with Crippen LogP contribution < -0.4 is 0 Å². The van der Waals surface area contributed by atoms with Crippen molar-refractivity contribution in [3.8, 4) is 35.5 Å². The van der Waals surface area contributed by atoms with E-state index in [1.807, 2.05) is 6.92 Å². The van der Waals surface area contributed by atoms with Gasteiger partial charge in [-0.25, -0.2) is 0 Å². The number of rotatable bonds is 1. The highest BCUT2D eigenvalue weighted by Gasteiger charge is 1.70. The van der Waals surface area contributed by atoms with Crippen molar-refractivity contribution in [2.24, 2.45) is 0 Å². The fourth-order valence-electron chi connectivity index (χ4n) is 0.608. The maximum atomic E-state index is 8.41. The van der Waals surface area contributed by atoms with Crippen LogP contribution in [0.4, 0.5) is 0 Å². The van der Waals surface area contributed by atoms with Crippen LogP contribution in [-0.2, 0) is 0 Å². The maximum absolute atomic E-state index is 8.41. The highest BCUT2D eigenvalue weighted by Crippen LogP contribution is 1.77. The molecule has 0 rings (SSSR count). The van der Waals surface area contributed by atoms with E-state index in [4.69, 9.17) is 5.11 Å². The van der Waals surface area contributed by atoms with Gasteiger partial charge in [-0.15, -0.1) is 5.92 Å². The predicted molar refractivity (Wildman–Crippen MR) is 54.6 cm³/mol. The van der Waals surface area contributed by atoms with Gasteiger partial charge >= 0.3 is 0 Å². The Morgan fingerprint density at radius 1 is 0.846 bits per heavy atom. The summed E-state index contributed by atoms with van der Waals surface area (Å²) in [4.78, 5) is 0. The third kappa shape index (κ3) is 10.6. The molecule has 0 atom stereocenters. The third-order valence-electron chi connectivity index (χ3n) is 1.14. The molecule has 0 aliphatic carbocycles. The van der Waals surface area contributed by atoms with E-state index in [2.05, 4.69) is 35.5 Å². The molecule has 68 valence electrons. The summed E-state index contributed by atoms with van der Waals surface area (Å²) in [5, 5.41) is 8.41. The van der Waals surface area contributed by atoms with E-state index in [0.717, 1.165) is 6.42 Å². The number of hydrogen-bond donors (Lipinski definition) is 1. The van der Waals surface area contributed by atoms with E-state index in [1.54, 1.807) is 0 Å². The Morgan fingerprint density at radius 2 is 1.38 bits per heavy atom. The number of aliphatic hydroxyl groups is 1. The Bertz CT molecular complexity index is 282. The SMILES string of the molecule is CCC#CCC#CCC#CCCO. The molecule has 0 saturated heterocycles. The van der Waals surface area contributed by atoms with E-state index < -0.39 is 0 Å². The van der Waals surface area contributed by atoms with Gasteiger partial charge in [-0.05, 0) is 0 Å². The minimum atomic E-state index is 0.127. The summed E-state index contributed by atoms with van der Waals surface area (Å²) in [5.41, 5.74) is 0. The smallest absolute Gasteiger partial charge is 0.0703 e. The van der Waals surface area contributed by atoms with Crippen molar-refractivity contribution < 1.29 is 5.11 Å².